The molecule has 1 rings (SSSR count). The monoisotopic (exact) mass is 277 g/mol. The number of nitrogens with zero attached hydrogens (tertiary/aromatic N) is 1. The number of carbonyl (C=O) groups excluding carboxylic acids is 2. The molecule has 106 valence electrons. The van der Waals surface area contributed by atoms with Crippen LogP contribution in [0.15, 0.2) is 0 Å². The van der Waals surface area contributed by atoms with Crippen LogP contribution in [0.5, 0.6) is 0 Å². The molecule has 2 atom stereocenters. The third-order valence-corrected chi connectivity index (χ3v) is 3.27. The standard InChI is InChI=1S/C12H23N3O2.ClH/c1-4-5-11(16)14-8-12(17)15-7-6-13-9(2)10(15)3;/h9-10,13H,4-8H2,1-3H3,(H,14,16);1H. The lowest BCUT2D eigenvalue weighted by atomic mass is 10.1. The van der Waals surface area contributed by atoms with Crippen LogP contribution in [-0.2, 0) is 9.59 Å². The molecule has 0 bridgehead atoms. The Balaban J connectivity index is 0.00000289. The van der Waals surface area contributed by atoms with Gasteiger partial charge in [-0.2, -0.15) is 0 Å². The van der Waals surface area contributed by atoms with Crippen molar-refractivity contribution < 1.29 is 9.59 Å². The van der Waals surface area contributed by atoms with Gasteiger partial charge in [-0.15, -0.1) is 12.4 Å². The van der Waals surface area contributed by atoms with Crippen LogP contribution in [0, 0.1) is 0 Å². The molecule has 0 spiro atoms. The molecule has 0 aromatic rings. The van der Waals surface area contributed by atoms with Crippen LogP contribution in [0.2, 0.25) is 0 Å². The lowest BCUT2D eigenvalue weighted by Crippen LogP contribution is -2.58. The van der Waals surface area contributed by atoms with Crippen LogP contribution in [0.4, 0.5) is 0 Å². The molecule has 1 fully saturated rings. The van der Waals surface area contributed by atoms with E-state index in [1.165, 1.54) is 0 Å². The second kappa shape index (κ2) is 8.32. The first kappa shape index (κ1) is 17.2. The number of carbonyl (C=O) groups is 2. The zero-order chi connectivity index (χ0) is 12.8. The van der Waals surface area contributed by atoms with Crippen molar-refractivity contribution in [1.82, 2.24) is 15.5 Å². The fourth-order valence-electron chi connectivity index (χ4n) is 2.00. The van der Waals surface area contributed by atoms with Crippen molar-refractivity contribution in [3.8, 4) is 0 Å². The average Bonchev–Trinajstić information content (AvgIpc) is 2.30. The molecule has 18 heavy (non-hydrogen) atoms. The van der Waals surface area contributed by atoms with Crippen LogP contribution >= 0.6 is 12.4 Å². The largest absolute Gasteiger partial charge is 0.347 e. The van der Waals surface area contributed by atoms with Gasteiger partial charge in [-0.05, 0) is 20.3 Å². The first-order chi connectivity index (χ1) is 8.06. The van der Waals surface area contributed by atoms with Crippen LogP contribution in [0.25, 0.3) is 0 Å². The van der Waals surface area contributed by atoms with Crippen molar-refractivity contribution in [3.63, 3.8) is 0 Å². The summed E-state index contributed by atoms with van der Waals surface area (Å²) in [7, 11) is 0. The molecule has 2 unspecified atom stereocenters. The Hall–Kier alpha value is -0.810. The summed E-state index contributed by atoms with van der Waals surface area (Å²) in [4.78, 5) is 25.1. The third-order valence-electron chi connectivity index (χ3n) is 3.27. The molecule has 2 amide bonds. The van der Waals surface area contributed by atoms with Crippen molar-refractivity contribution >= 4 is 24.2 Å². The number of amides is 2. The second-order valence-electron chi connectivity index (χ2n) is 4.60. The lowest BCUT2D eigenvalue weighted by molar-refractivity contribution is -0.136. The summed E-state index contributed by atoms with van der Waals surface area (Å²) in [6, 6.07) is 0.485. The number of piperazine rings is 1. The maximum atomic E-state index is 11.9. The van der Waals surface area contributed by atoms with Crippen LogP contribution < -0.4 is 10.6 Å². The number of hydrogen-bond acceptors (Lipinski definition) is 3. The summed E-state index contributed by atoms with van der Waals surface area (Å²) in [6.07, 6.45) is 1.29. The zero-order valence-corrected chi connectivity index (χ0v) is 12.2. The molecule has 0 aromatic carbocycles. The number of halogens is 1. The molecule has 5 nitrogen and oxygen atoms in total. The normalized spacial score (nSPS) is 23.2. The second-order valence-corrected chi connectivity index (χ2v) is 4.60. The SMILES string of the molecule is CCCC(=O)NCC(=O)N1CCNC(C)C1C.Cl. The van der Waals surface area contributed by atoms with E-state index in [2.05, 4.69) is 17.6 Å². The van der Waals surface area contributed by atoms with Crippen molar-refractivity contribution in [2.75, 3.05) is 19.6 Å². The Morgan fingerprint density at radius 3 is 2.67 bits per heavy atom. The van der Waals surface area contributed by atoms with Crippen LogP contribution in [0.1, 0.15) is 33.6 Å². The Bertz CT molecular complexity index is 286. The van der Waals surface area contributed by atoms with E-state index in [0.717, 1.165) is 13.0 Å². The predicted molar refractivity (Wildman–Crippen MR) is 73.8 cm³/mol. The topological polar surface area (TPSA) is 61.4 Å². The Morgan fingerprint density at radius 2 is 2.06 bits per heavy atom. The molecule has 1 aliphatic heterocycles. The van der Waals surface area contributed by atoms with Gasteiger partial charge in [0.2, 0.25) is 11.8 Å². The molecule has 0 aromatic heterocycles. The molecule has 1 aliphatic rings. The van der Waals surface area contributed by atoms with Crippen LogP contribution in [-0.4, -0.2) is 48.4 Å². The maximum absolute atomic E-state index is 11.9. The Labute approximate surface area is 115 Å². The molecular formula is C12H24ClN3O2. The molecule has 6 heteroatoms. The van der Waals surface area contributed by atoms with Crippen LogP contribution in [0.3, 0.4) is 0 Å². The fraction of sp³-hybridized carbons (Fsp3) is 0.833. The number of hydrogen-bond donors (Lipinski definition) is 2. The van der Waals surface area contributed by atoms with Gasteiger partial charge < -0.3 is 15.5 Å². The molecule has 0 saturated carbocycles. The van der Waals surface area contributed by atoms with E-state index in [9.17, 15) is 9.59 Å². The molecule has 0 aliphatic carbocycles. The highest BCUT2D eigenvalue weighted by atomic mass is 35.5. The number of rotatable bonds is 4. The van der Waals surface area contributed by atoms with E-state index in [4.69, 9.17) is 0 Å². The van der Waals surface area contributed by atoms with Gasteiger partial charge in [-0.25, -0.2) is 0 Å². The quantitative estimate of drug-likeness (QED) is 0.788. The predicted octanol–water partition coefficient (Wildman–Crippen LogP) is 0.533. The minimum absolute atomic E-state index is 0. The summed E-state index contributed by atoms with van der Waals surface area (Å²) in [5.41, 5.74) is 0. The molecule has 2 N–H and O–H groups in total. The van der Waals surface area contributed by atoms with E-state index in [1.54, 1.807) is 0 Å². The fourth-order valence-corrected chi connectivity index (χ4v) is 2.00. The van der Waals surface area contributed by atoms with Crippen molar-refractivity contribution in [2.24, 2.45) is 0 Å². The average molecular weight is 278 g/mol. The summed E-state index contributed by atoms with van der Waals surface area (Å²) < 4.78 is 0. The van der Waals surface area contributed by atoms with Gasteiger partial charge in [0.25, 0.3) is 0 Å². The highest BCUT2D eigenvalue weighted by Crippen LogP contribution is 2.08. The summed E-state index contributed by atoms with van der Waals surface area (Å²) >= 11 is 0. The van der Waals surface area contributed by atoms with E-state index in [1.807, 2.05) is 18.7 Å². The van der Waals surface area contributed by atoms with Gasteiger partial charge in [-0.1, -0.05) is 6.92 Å². The van der Waals surface area contributed by atoms with Gasteiger partial charge in [0, 0.05) is 31.6 Å². The summed E-state index contributed by atoms with van der Waals surface area (Å²) in [5.74, 6) is -0.0352. The van der Waals surface area contributed by atoms with E-state index in [0.29, 0.717) is 19.0 Å². The van der Waals surface area contributed by atoms with Crippen molar-refractivity contribution in [2.45, 2.75) is 45.7 Å². The Kier molecular flexibility index (Phi) is 7.95. The minimum Gasteiger partial charge on any atom is -0.347 e. The third kappa shape index (κ3) is 4.82. The first-order valence-electron chi connectivity index (χ1n) is 6.35. The van der Waals surface area contributed by atoms with E-state index >= 15 is 0 Å². The number of nitrogens with one attached hydrogen (secondary N) is 2. The van der Waals surface area contributed by atoms with Gasteiger partial charge >= 0.3 is 0 Å². The lowest BCUT2D eigenvalue weighted by Gasteiger charge is -2.38. The van der Waals surface area contributed by atoms with Gasteiger partial charge in [0.05, 0.1) is 6.54 Å². The van der Waals surface area contributed by atoms with Gasteiger partial charge in [0.15, 0.2) is 0 Å². The summed E-state index contributed by atoms with van der Waals surface area (Å²) in [6.45, 7) is 7.70. The van der Waals surface area contributed by atoms with Gasteiger partial charge in [-0.3, -0.25) is 9.59 Å². The smallest absolute Gasteiger partial charge is 0.242 e. The molecule has 1 heterocycles. The highest BCUT2D eigenvalue weighted by molar-refractivity contribution is 5.85. The van der Waals surface area contributed by atoms with Crippen molar-refractivity contribution in [3.05, 3.63) is 0 Å². The molecule has 1 saturated heterocycles. The van der Waals surface area contributed by atoms with Crippen molar-refractivity contribution in [1.29, 1.82) is 0 Å². The molecule has 0 radical (unpaired) electrons. The zero-order valence-electron chi connectivity index (χ0n) is 11.4. The first-order valence-corrected chi connectivity index (χ1v) is 6.35. The van der Waals surface area contributed by atoms with E-state index in [-0.39, 0.29) is 36.8 Å². The van der Waals surface area contributed by atoms with Gasteiger partial charge in [0.1, 0.15) is 0 Å². The molecular weight excluding hydrogens is 254 g/mol. The Morgan fingerprint density at radius 1 is 1.39 bits per heavy atom. The highest BCUT2D eigenvalue weighted by Gasteiger charge is 2.27. The van der Waals surface area contributed by atoms with E-state index < -0.39 is 0 Å². The minimum atomic E-state index is -0.0447. The summed E-state index contributed by atoms with van der Waals surface area (Å²) in [5, 5.41) is 5.99. The maximum Gasteiger partial charge on any atom is 0.242 e.